The number of nitrogens with one attached hydrogen (secondary N) is 1. The molecule has 1 N–H and O–H groups in total. The summed E-state index contributed by atoms with van der Waals surface area (Å²) in [5.74, 6) is 0.0436. The maximum absolute atomic E-state index is 12.3. The summed E-state index contributed by atoms with van der Waals surface area (Å²) in [7, 11) is 0. The summed E-state index contributed by atoms with van der Waals surface area (Å²) < 4.78 is 15.8. The molecular weight excluding hydrogens is 350 g/mol. The molecule has 0 radical (unpaired) electrons. The predicted octanol–water partition coefficient (Wildman–Crippen LogP) is 3.79. The van der Waals surface area contributed by atoms with Crippen LogP contribution in [0.2, 0.25) is 0 Å². The third kappa shape index (κ3) is 4.39. The van der Waals surface area contributed by atoms with Gasteiger partial charge in [0.2, 0.25) is 5.71 Å². The quantitative estimate of drug-likeness (QED) is 0.645. The summed E-state index contributed by atoms with van der Waals surface area (Å²) in [5, 5.41) is 2.77. The van der Waals surface area contributed by atoms with Crippen LogP contribution in [0, 0.1) is 6.92 Å². The van der Waals surface area contributed by atoms with Gasteiger partial charge in [0.25, 0.3) is 0 Å². The highest BCUT2D eigenvalue weighted by Crippen LogP contribution is 2.31. The van der Waals surface area contributed by atoms with E-state index in [-0.39, 0.29) is 40.8 Å². The van der Waals surface area contributed by atoms with Crippen LogP contribution in [0.3, 0.4) is 0 Å². The Balaban J connectivity index is 2.56. The van der Waals surface area contributed by atoms with E-state index in [1.165, 1.54) is 0 Å². The fourth-order valence-electron chi connectivity index (χ4n) is 2.16. The third-order valence-electron chi connectivity index (χ3n) is 2.99. The van der Waals surface area contributed by atoms with Crippen LogP contribution in [0.5, 0.6) is 0 Å². The zero-order valence-electron chi connectivity index (χ0n) is 14.7. The molecule has 2 heterocycles. The lowest BCUT2D eigenvalue weighted by Crippen LogP contribution is -2.27. The van der Waals surface area contributed by atoms with Gasteiger partial charge in [-0.25, -0.2) is 14.6 Å². The number of alkyl halides is 1. The number of carbonyl (C=O) groups is 2. The number of esters is 1. The van der Waals surface area contributed by atoms with Gasteiger partial charge >= 0.3 is 12.1 Å². The lowest BCUT2D eigenvalue weighted by atomic mass is 10.2. The van der Waals surface area contributed by atoms with E-state index in [2.05, 4.69) is 15.3 Å². The molecule has 25 heavy (non-hydrogen) atoms. The van der Waals surface area contributed by atoms with Crippen molar-refractivity contribution in [2.75, 3.05) is 11.9 Å². The number of carbonyl (C=O) groups excluding carboxylic acids is 2. The first-order valence-electron chi connectivity index (χ1n) is 7.69. The maximum atomic E-state index is 12.3. The SMILES string of the molecule is CCOC(=O)c1c(C)oc2nc(CCl)nc(NC(=O)OC(C)(C)C)c12. The number of amides is 1. The summed E-state index contributed by atoms with van der Waals surface area (Å²) in [6.45, 7) is 8.69. The maximum Gasteiger partial charge on any atom is 0.413 e. The molecule has 0 aliphatic heterocycles. The van der Waals surface area contributed by atoms with E-state index in [0.29, 0.717) is 5.76 Å². The summed E-state index contributed by atoms with van der Waals surface area (Å²) in [6, 6.07) is 0. The number of halogens is 1. The first-order chi connectivity index (χ1) is 11.7. The second-order valence-corrected chi connectivity index (χ2v) is 6.45. The van der Waals surface area contributed by atoms with Crippen molar-refractivity contribution in [3.8, 4) is 0 Å². The average molecular weight is 370 g/mol. The van der Waals surface area contributed by atoms with Crippen LogP contribution < -0.4 is 5.32 Å². The zero-order chi connectivity index (χ0) is 18.8. The van der Waals surface area contributed by atoms with Crippen LogP contribution >= 0.6 is 11.6 Å². The van der Waals surface area contributed by atoms with Crippen molar-refractivity contribution < 1.29 is 23.5 Å². The highest BCUT2D eigenvalue weighted by molar-refractivity contribution is 6.17. The number of hydrogen-bond acceptors (Lipinski definition) is 7. The number of nitrogens with zero attached hydrogens (tertiary/aromatic N) is 2. The van der Waals surface area contributed by atoms with Gasteiger partial charge in [-0.1, -0.05) is 0 Å². The van der Waals surface area contributed by atoms with E-state index in [4.69, 9.17) is 25.5 Å². The highest BCUT2D eigenvalue weighted by Gasteiger charge is 2.26. The van der Waals surface area contributed by atoms with Crippen molar-refractivity contribution in [3.63, 3.8) is 0 Å². The molecule has 0 saturated carbocycles. The number of aromatic nitrogens is 2. The molecule has 0 aromatic carbocycles. The Morgan fingerprint density at radius 3 is 2.52 bits per heavy atom. The van der Waals surface area contributed by atoms with Crippen molar-refractivity contribution in [1.29, 1.82) is 0 Å². The first-order valence-corrected chi connectivity index (χ1v) is 8.22. The monoisotopic (exact) mass is 369 g/mol. The largest absolute Gasteiger partial charge is 0.462 e. The summed E-state index contributed by atoms with van der Waals surface area (Å²) in [4.78, 5) is 32.7. The van der Waals surface area contributed by atoms with Gasteiger partial charge in [0.15, 0.2) is 5.82 Å². The van der Waals surface area contributed by atoms with Crippen LogP contribution in [0.4, 0.5) is 10.6 Å². The van der Waals surface area contributed by atoms with Crippen LogP contribution in [-0.4, -0.2) is 34.2 Å². The Kier molecular flexibility index (Phi) is 5.52. The van der Waals surface area contributed by atoms with Crippen LogP contribution in [0.25, 0.3) is 11.1 Å². The first kappa shape index (κ1) is 19.0. The third-order valence-corrected chi connectivity index (χ3v) is 3.23. The minimum Gasteiger partial charge on any atom is -0.462 e. The van der Waals surface area contributed by atoms with Crippen molar-refractivity contribution >= 4 is 40.6 Å². The molecule has 0 fully saturated rings. The number of hydrogen-bond donors (Lipinski definition) is 1. The Labute approximate surface area is 149 Å². The molecule has 0 unspecified atom stereocenters. The number of rotatable bonds is 4. The topological polar surface area (TPSA) is 104 Å². The Bertz CT molecular complexity index is 810. The molecule has 0 saturated heterocycles. The molecule has 9 heteroatoms. The number of anilines is 1. The van der Waals surface area contributed by atoms with E-state index < -0.39 is 17.7 Å². The van der Waals surface area contributed by atoms with E-state index in [9.17, 15) is 9.59 Å². The van der Waals surface area contributed by atoms with Crippen molar-refractivity contribution in [3.05, 3.63) is 17.1 Å². The van der Waals surface area contributed by atoms with E-state index in [0.717, 1.165) is 0 Å². The van der Waals surface area contributed by atoms with Crippen LogP contribution in [0.1, 0.15) is 49.6 Å². The number of ether oxygens (including phenoxy) is 2. The lowest BCUT2D eigenvalue weighted by Gasteiger charge is -2.19. The number of furan rings is 1. The van der Waals surface area contributed by atoms with Gasteiger partial charge < -0.3 is 13.9 Å². The molecule has 2 rings (SSSR count). The second kappa shape index (κ2) is 7.26. The molecule has 1 amide bonds. The van der Waals surface area contributed by atoms with Crippen molar-refractivity contribution in [1.82, 2.24) is 9.97 Å². The van der Waals surface area contributed by atoms with Gasteiger partial charge in [0.1, 0.15) is 22.7 Å². The van der Waals surface area contributed by atoms with Crippen molar-refractivity contribution in [2.24, 2.45) is 0 Å². The van der Waals surface area contributed by atoms with Crippen molar-refractivity contribution in [2.45, 2.75) is 46.1 Å². The zero-order valence-corrected chi connectivity index (χ0v) is 15.5. The van der Waals surface area contributed by atoms with Gasteiger partial charge in [-0.15, -0.1) is 11.6 Å². The van der Waals surface area contributed by atoms with Gasteiger partial charge in [0, 0.05) is 0 Å². The minimum atomic E-state index is -0.721. The van der Waals surface area contributed by atoms with E-state index in [1.807, 2.05) is 0 Å². The molecule has 136 valence electrons. The summed E-state index contributed by atoms with van der Waals surface area (Å²) >= 11 is 5.80. The van der Waals surface area contributed by atoms with Crippen LogP contribution in [0.15, 0.2) is 4.42 Å². The highest BCUT2D eigenvalue weighted by atomic mass is 35.5. The molecule has 2 aromatic rings. The smallest absolute Gasteiger partial charge is 0.413 e. The normalized spacial score (nSPS) is 11.4. The standard InChI is InChI=1S/C16H20ClN3O5/c1-6-23-14(21)10-8(2)24-13-11(10)12(18-9(7-17)19-13)20-15(22)25-16(3,4)5/h6-7H2,1-5H3,(H,18,19,20,22). The van der Waals surface area contributed by atoms with Crippen LogP contribution in [-0.2, 0) is 15.4 Å². The van der Waals surface area contributed by atoms with Gasteiger partial charge in [-0.2, -0.15) is 4.98 Å². The Morgan fingerprint density at radius 2 is 1.96 bits per heavy atom. The van der Waals surface area contributed by atoms with Gasteiger partial charge in [0.05, 0.1) is 17.9 Å². The van der Waals surface area contributed by atoms with Gasteiger partial charge in [-0.05, 0) is 34.6 Å². The average Bonchev–Trinajstić information content (AvgIpc) is 2.81. The molecule has 0 atom stereocenters. The fraction of sp³-hybridized carbons (Fsp3) is 0.500. The molecule has 8 nitrogen and oxygen atoms in total. The molecule has 2 aromatic heterocycles. The summed E-state index contributed by atoms with van der Waals surface area (Å²) in [5.41, 5.74) is -0.400. The molecule has 0 spiro atoms. The molecule has 0 aliphatic carbocycles. The van der Waals surface area contributed by atoms with E-state index in [1.54, 1.807) is 34.6 Å². The summed E-state index contributed by atoms with van der Waals surface area (Å²) in [6.07, 6.45) is -0.721. The van der Waals surface area contributed by atoms with E-state index >= 15 is 0 Å². The Hall–Kier alpha value is -2.35. The fourth-order valence-corrected chi connectivity index (χ4v) is 2.27. The second-order valence-electron chi connectivity index (χ2n) is 6.18. The number of aryl methyl sites for hydroxylation is 1. The predicted molar refractivity (Wildman–Crippen MR) is 91.9 cm³/mol. The minimum absolute atomic E-state index is 0.00737. The van der Waals surface area contributed by atoms with Gasteiger partial charge in [-0.3, -0.25) is 5.32 Å². The number of fused-ring (bicyclic) bond motifs is 1. The molecule has 0 aliphatic rings. The molecule has 0 bridgehead atoms. The lowest BCUT2D eigenvalue weighted by molar-refractivity contribution is 0.0525. The Morgan fingerprint density at radius 1 is 1.28 bits per heavy atom. The molecular formula is C16H20ClN3O5.